The summed E-state index contributed by atoms with van der Waals surface area (Å²) in [5.74, 6) is 0.0243. The van der Waals surface area contributed by atoms with E-state index in [4.69, 9.17) is 10.1 Å². The van der Waals surface area contributed by atoms with Crippen LogP contribution >= 0.6 is 0 Å². The number of nitrogens with one attached hydrogen (secondary N) is 1. The number of rotatable bonds is 3. The first-order valence-corrected chi connectivity index (χ1v) is 9.38. The first-order chi connectivity index (χ1) is 12.9. The van der Waals surface area contributed by atoms with Crippen LogP contribution in [-0.4, -0.2) is 39.6 Å². The number of hydrogen-bond donors (Lipinski definition) is 1. The molecule has 1 fully saturated rings. The average Bonchev–Trinajstić information content (AvgIpc) is 3.18. The van der Waals surface area contributed by atoms with Gasteiger partial charge < -0.3 is 10.2 Å². The van der Waals surface area contributed by atoms with E-state index < -0.39 is 0 Å². The highest BCUT2D eigenvalue weighted by Gasteiger charge is 2.26. The van der Waals surface area contributed by atoms with E-state index in [1.807, 2.05) is 18.4 Å². The molecule has 0 unspecified atom stereocenters. The summed E-state index contributed by atoms with van der Waals surface area (Å²) in [6.07, 6.45) is 0.942. The van der Waals surface area contributed by atoms with Gasteiger partial charge in [-0.25, -0.2) is 9.50 Å². The predicted octanol–water partition coefficient (Wildman–Crippen LogP) is 3.04. The third-order valence-electron chi connectivity index (χ3n) is 5.12. The fourth-order valence-electron chi connectivity index (χ4n) is 3.89. The van der Waals surface area contributed by atoms with Crippen LogP contribution < -0.4 is 10.2 Å². The van der Waals surface area contributed by atoms with Crippen molar-refractivity contribution >= 4 is 17.2 Å². The van der Waals surface area contributed by atoms with Crippen LogP contribution in [0.2, 0.25) is 0 Å². The molecule has 0 saturated carbocycles. The fourth-order valence-corrected chi connectivity index (χ4v) is 3.89. The smallest absolute Gasteiger partial charge is 0.217 e. The Morgan fingerprint density at radius 1 is 1.19 bits per heavy atom. The van der Waals surface area contributed by atoms with Crippen molar-refractivity contribution in [2.24, 2.45) is 0 Å². The Kier molecular flexibility index (Phi) is 4.34. The number of aryl methyl sites for hydroxylation is 3. The molecule has 1 atom stereocenters. The second-order valence-corrected chi connectivity index (χ2v) is 7.45. The van der Waals surface area contributed by atoms with E-state index in [0.29, 0.717) is 0 Å². The quantitative estimate of drug-likeness (QED) is 0.777. The van der Waals surface area contributed by atoms with Crippen LogP contribution in [-0.2, 0) is 4.79 Å². The van der Waals surface area contributed by atoms with Gasteiger partial charge in [0.1, 0.15) is 0 Å². The Morgan fingerprint density at radius 3 is 2.63 bits per heavy atom. The monoisotopic (exact) mass is 363 g/mol. The predicted molar refractivity (Wildman–Crippen MR) is 107 cm³/mol. The van der Waals surface area contributed by atoms with E-state index in [-0.39, 0.29) is 11.9 Å². The number of anilines is 1. The number of carbonyl (C=O) groups is 1. The summed E-state index contributed by atoms with van der Waals surface area (Å²) in [5, 5.41) is 7.78. The molecule has 1 aliphatic heterocycles. The zero-order valence-electron chi connectivity index (χ0n) is 16.3. The molecule has 3 heterocycles. The molecule has 3 aromatic rings. The minimum Gasteiger partial charge on any atom is -0.366 e. The van der Waals surface area contributed by atoms with Gasteiger partial charge in [0.15, 0.2) is 5.65 Å². The maximum absolute atomic E-state index is 11.4. The summed E-state index contributed by atoms with van der Waals surface area (Å²) in [6.45, 7) is 9.40. The van der Waals surface area contributed by atoms with Crippen LogP contribution in [0, 0.1) is 20.8 Å². The van der Waals surface area contributed by atoms with Gasteiger partial charge in [-0.3, -0.25) is 4.79 Å². The Morgan fingerprint density at radius 2 is 1.93 bits per heavy atom. The van der Waals surface area contributed by atoms with Gasteiger partial charge in [0.05, 0.1) is 22.8 Å². The van der Waals surface area contributed by atoms with Gasteiger partial charge in [0, 0.05) is 31.6 Å². The number of amides is 1. The van der Waals surface area contributed by atoms with Crippen LogP contribution in [0.5, 0.6) is 0 Å². The molecule has 0 radical (unpaired) electrons. The molecule has 140 valence electrons. The van der Waals surface area contributed by atoms with E-state index in [9.17, 15) is 4.79 Å². The minimum absolute atomic E-state index is 0.0243. The van der Waals surface area contributed by atoms with Crippen LogP contribution in [0.15, 0.2) is 30.3 Å². The second-order valence-electron chi connectivity index (χ2n) is 7.45. The number of hydrogen-bond acceptors (Lipinski definition) is 4. The molecule has 1 aromatic carbocycles. The fraction of sp³-hybridized carbons (Fsp3) is 0.381. The van der Waals surface area contributed by atoms with Gasteiger partial charge in [-0.1, -0.05) is 29.8 Å². The lowest BCUT2D eigenvalue weighted by atomic mass is 10.1. The lowest BCUT2D eigenvalue weighted by Gasteiger charge is -2.20. The number of aromatic nitrogens is 3. The SMILES string of the molecule is CC(=O)N[C@@H]1CCN(c2cc(C)nn3c(-c4ccc(C)cc4)c(C)nc23)C1. The van der Waals surface area contributed by atoms with Crippen molar-refractivity contribution < 1.29 is 4.79 Å². The standard InChI is InChI=1S/C21H25N5O/c1-13-5-7-17(8-6-13)20-15(3)22-21-19(11-14(2)24-26(20)21)25-10-9-18(12-25)23-16(4)27/h5-8,11,18H,9-10,12H2,1-4H3,(H,23,27)/t18-/m1/s1. The first-order valence-electron chi connectivity index (χ1n) is 9.38. The van der Waals surface area contributed by atoms with Crippen LogP contribution in [0.4, 0.5) is 5.69 Å². The minimum atomic E-state index is 0.0243. The molecular formula is C21H25N5O. The third kappa shape index (κ3) is 3.27. The Hall–Kier alpha value is -2.89. The molecule has 1 saturated heterocycles. The normalized spacial score (nSPS) is 16.9. The third-order valence-corrected chi connectivity index (χ3v) is 5.12. The Balaban J connectivity index is 1.78. The van der Waals surface area contributed by atoms with E-state index in [2.05, 4.69) is 47.5 Å². The van der Waals surface area contributed by atoms with Crippen molar-refractivity contribution in [1.29, 1.82) is 0 Å². The number of carbonyl (C=O) groups excluding carboxylic acids is 1. The Labute approximate surface area is 159 Å². The summed E-state index contributed by atoms with van der Waals surface area (Å²) >= 11 is 0. The molecule has 6 nitrogen and oxygen atoms in total. The van der Waals surface area contributed by atoms with E-state index in [0.717, 1.165) is 53.5 Å². The maximum Gasteiger partial charge on any atom is 0.217 e. The summed E-state index contributed by atoms with van der Waals surface area (Å²) in [4.78, 5) is 18.5. The molecule has 1 N–H and O–H groups in total. The zero-order chi connectivity index (χ0) is 19.1. The van der Waals surface area contributed by atoms with Crippen molar-refractivity contribution in [3.8, 4) is 11.3 Å². The molecule has 27 heavy (non-hydrogen) atoms. The zero-order valence-corrected chi connectivity index (χ0v) is 16.3. The maximum atomic E-state index is 11.4. The van der Waals surface area contributed by atoms with Gasteiger partial charge in [-0.15, -0.1) is 0 Å². The number of benzene rings is 1. The van der Waals surface area contributed by atoms with Crippen molar-refractivity contribution in [3.05, 3.63) is 47.3 Å². The largest absolute Gasteiger partial charge is 0.366 e. The van der Waals surface area contributed by atoms with Crippen LogP contribution in [0.3, 0.4) is 0 Å². The van der Waals surface area contributed by atoms with Crippen molar-refractivity contribution in [1.82, 2.24) is 19.9 Å². The van der Waals surface area contributed by atoms with Gasteiger partial charge in [0.25, 0.3) is 0 Å². The molecule has 2 aromatic heterocycles. The average molecular weight is 363 g/mol. The summed E-state index contributed by atoms with van der Waals surface area (Å²) in [7, 11) is 0. The molecule has 1 aliphatic rings. The number of fused-ring (bicyclic) bond motifs is 1. The highest BCUT2D eigenvalue weighted by Crippen LogP contribution is 2.31. The highest BCUT2D eigenvalue weighted by atomic mass is 16.1. The van der Waals surface area contributed by atoms with Crippen molar-refractivity contribution in [2.45, 2.75) is 40.2 Å². The van der Waals surface area contributed by atoms with E-state index in [1.54, 1.807) is 6.92 Å². The molecule has 0 aliphatic carbocycles. The summed E-state index contributed by atoms with van der Waals surface area (Å²) in [6, 6.07) is 10.8. The van der Waals surface area contributed by atoms with Crippen molar-refractivity contribution in [3.63, 3.8) is 0 Å². The topological polar surface area (TPSA) is 62.5 Å². The van der Waals surface area contributed by atoms with Crippen molar-refractivity contribution in [2.75, 3.05) is 18.0 Å². The van der Waals surface area contributed by atoms with Gasteiger partial charge >= 0.3 is 0 Å². The second kappa shape index (κ2) is 6.68. The molecule has 1 amide bonds. The lowest BCUT2D eigenvalue weighted by Crippen LogP contribution is -2.35. The summed E-state index contributed by atoms with van der Waals surface area (Å²) in [5.41, 5.74) is 7.26. The summed E-state index contributed by atoms with van der Waals surface area (Å²) < 4.78 is 1.97. The van der Waals surface area contributed by atoms with E-state index in [1.165, 1.54) is 5.56 Å². The molecular weight excluding hydrogens is 338 g/mol. The lowest BCUT2D eigenvalue weighted by molar-refractivity contribution is -0.119. The van der Waals surface area contributed by atoms with Gasteiger partial charge in [-0.2, -0.15) is 5.10 Å². The molecule has 4 rings (SSSR count). The number of imidazole rings is 1. The molecule has 0 bridgehead atoms. The highest BCUT2D eigenvalue weighted by molar-refractivity contribution is 5.77. The Bertz CT molecular complexity index is 1010. The van der Waals surface area contributed by atoms with Crippen LogP contribution in [0.25, 0.3) is 16.9 Å². The number of nitrogens with zero attached hydrogens (tertiary/aromatic N) is 4. The molecule has 0 spiro atoms. The van der Waals surface area contributed by atoms with Gasteiger partial charge in [-0.05, 0) is 33.3 Å². The van der Waals surface area contributed by atoms with Gasteiger partial charge in [0.2, 0.25) is 5.91 Å². The molecule has 6 heteroatoms. The van der Waals surface area contributed by atoms with E-state index >= 15 is 0 Å². The first kappa shape index (κ1) is 17.5. The van der Waals surface area contributed by atoms with Crippen LogP contribution in [0.1, 0.15) is 30.3 Å².